The third-order valence-corrected chi connectivity index (χ3v) is 4.07. The smallest absolute Gasteiger partial charge is 0.237 e. The van der Waals surface area contributed by atoms with E-state index in [2.05, 4.69) is 15.7 Å². The molecule has 2 heterocycles. The predicted molar refractivity (Wildman–Crippen MR) is 68.1 cm³/mol. The number of fused-ring (bicyclic) bond motifs is 1. The summed E-state index contributed by atoms with van der Waals surface area (Å²) in [7, 11) is 1.97. The lowest BCUT2D eigenvalue weighted by Gasteiger charge is -2.25. The molecule has 1 aliphatic carbocycles. The lowest BCUT2D eigenvalue weighted by Crippen LogP contribution is -2.42. The third kappa shape index (κ3) is 2.03. The summed E-state index contributed by atoms with van der Waals surface area (Å²) in [6, 6.07) is 0.157. The molecule has 2 atom stereocenters. The normalized spacial score (nSPS) is 26.9. The van der Waals surface area contributed by atoms with Gasteiger partial charge < -0.3 is 10.6 Å². The van der Waals surface area contributed by atoms with Crippen molar-refractivity contribution in [3.05, 3.63) is 17.5 Å². The Morgan fingerprint density at radius 1 is 1.50 bits per heavy atom. The molecule has 1 aromatic rings. The molecular formula is C13H20N4O. The van der Waals surface area contributed by atoms with Gasteiger partial charge in [-0.25, -0.2) is 0 Å². The number of aryl methyl sites for hydroxylation is 1. The van der Waals surface area contributed by atoms with Crippen molar-refractivity contribution in [2.24, 2.45) is 7.05 Å². The summed E-state index contributed by atoms with van der Waals surface area (Å²) < 4.78 is 1.93. The molecule has 1 amide bonds. The van der Waals surface area contributed by atoms with Crippen LogP contribution in [0.4, 0.5) is 0 Å². The van der Waals surface area contributed by atoms with E-state index in [1.807, 2.05) is 17.9 Å². The summed E-state index contributed by atoms with van der Waals surface area (Å²) in [4.78, 5) is 12.1. The second kappa shape index (κ2) is 4.72. The van der Waals surface area contributed by atoms with E-state index < -0.39 is 0 Å². The second-order valence-electron chi connectivity index (χ2n) is 5.27. The van der Waals surface area contributed by atoms with Crippen molar-refractivity contribution in [2.45, 2.75) is 44.2 Å². The molecule has 0 radical (unpaired) electrons. The largest absolute Gasteiger partial charge is 0.348 e. The van der Waals surface area contributed by atoms with Gasteiger partial charge >= 0.3 is 0 Å². The van der Waals surface area contributed by atoms with Gasteiger partial charge in [0.2, 0.25) is 5.91 Å². The van der Waals surface area contributed by atoms with Crippen LogP contribution in [0.2, 0.25) is 0 Å². The highest BCUT2D eigenvalue weighted by molar-refractivity contribution is 5.82. The quantitative estimate of drug-likeness (QED) is 0.808. The zero-order chi connectivity index (χ0) is 12.5. The molecule has 1 aliphatic heterocycles. The van der Waals surface area contributed by atoms with Crippen molar-refractivity contribution in [3.63, 3.8) is 0 Å². The van der Waals surface area contributed by atoms with E-state index in [4.69, 9.17) is 0 Å². The van der Waals surface area contributed by atoms with Gasteiger partial charge in [-0.1, -0.05) is 0 Å². The number of amides is 1. The van der Waals surface area contributed by atoms with Gasteiger partial charge in [-0.05, 0) is 38.6 Å². The van der Waals surface area contributed by atoms with E-state index in [-0.39, 0.29) is 18.0 Å². The van der Waals surface area contributed by atoms with Crippen LogP contribution in [0, 0.1) is 0 Å². The summed E-state index contributed by atoms with van der Waals surface area (Å²) in [5.74, 6) is 0.147. The first-order valence-electron chi connectivity index (χ1n) is 6.80. The van der Waals surface area contributed by atoms with Gasteiger partial charge in [-0.2, -0.15) is 5.10 Å². The molecule has 2 aliphatic rings. The number of hydrogen-bond donors (Lipinski definition) is 2. The summed E-state index contributed by atoms with van der Waals surface area (Å²) in [5, 5.41) is 10.7. The fourth-order valence-electron chi connectivity index (χ4n) is 3.04. The van der Waals surface area contributed by atoms with E-state index in [0.29, 0.717) is 0 Å². The average Bonchev–Trinajstić information content (AvgIpc) is 3.00. The van der Waals surface area contributed by atoms with E-state index in [9.17, 15) is 4.79 Å². The van der Waals surface area contributed by atoms with E-state index in [1.54, 1.807) is 0 Å². The van der Waals surface area contributed by atoms with Crippen molar-refractivity contribution in [2.75, 3.05) is 6.54 Å². The van der Waals surface area contributed by atoms with Crippen molar-refractivity contribution in [3.8, 4) is 0 Å². The summed E-state index contributed by atoms with van der Waals surface area (Å²) in [5.41, 5.74) is 2.47. The van der Waals surface area contributed by atoms with Gasteiger partial charge in [0.1, 0.15) is 0 Å². The Balaban J connectivity index is 1.72. The monoisotopic (exact) mass is 248 g/mol. The SMILES string of the molecule is Cn1ncc2c1CCCC2NC(=O)[C@@H]1CCCN1. The Bertz CT molecular complexity index is 448. The molecule has 3 rings (SSSR count). The fraction of sp³-hybridized carbons (Fsp3) is 0.692. The molecule has 98 valence electrons. The third-order valence-electron chi connectivity index (χ3n) is 4.07. The first kappa shape index (κ1) is 11.7. The van der Waals surface area contributed by atoms with Gasteiger partial charge in [0.25, 0.3) is 0 Å². The van der Waals surface area contributed by atoms with E-state index >= 15 is 0 Å². The molecule has 5 heteroatoms. The molecule has 0 bridgehead atoms. The van der Waals surface area contributed by atoms with Crippen LogP contribution in [-0.2, 0) is 18.3 Å². The summed E-state index contributed by atoms with van der Waals surface area (Å²) >= 11 is 0. The first-order chi connectivity index (χ1) is 8.75. The summed E-state index contributed by atoms with van der Waals surface area (Å²) in [6.07, 6.45) is 7.17. The highest BCUT2D eigenvalue weighted by atomic mass is 16.2. The second-order valence-corrected chi connectivity index (χ2v) is 5.27. The Labute approximate surface area is 107 Å². The van der Waals surface area contributed by atoms with Crippen molar-refractivity contribution < 1.29 is 4.79 Å². The van der Waals surface area contributed by atoms with E-state index in [1.165, 1.54) is 11.3 Å². The number of nitrogens with one attached hydrogen (secondary N) is 2. The number of carbonyl (C=O) groups excluding carboxylic acids is 1. The van der Waals surface area contributed by atoms with Crippen LogP contribution >= 0.6 is 0 Å². The Morgan fingerprint density at radius 3 is 3.17 bits per heavy atom. The minimum Gasteiger partial charge on any atom is -0.348 e. The van der Waals surface area contributed by atoms with Gasteiger partial charge in [0.15, 0.2) is 0 Å². The van der Waals surface area contributed by atoms with Crippen LogP contribution in [0.15, 0.2) is 6.20 Å². The van der Waals surface area contributed by atoms with Gasteiger partial charge in [-0.15, -0.1) is 0 Å². The number of nitrogens with zero attached hydrogens (tertiary/aromatic N) is 2. The van der Waals surface area contributed by atoms with Crippen LogP contribution < -0.4 is 10.6 Å². The standard InChI is InChI=1S/C13H20N4O/c1-17-12-6-2-4-10(9(12)8-15-17)16-13(18)11-5-3-7-14-11/h8,10-11,14H,2-7H2,1H3,(H,16,18)/t10?,11-/m0/s1. The molecule has 18 heavy (non-hydrogen) atoms. The van der Waals surface area contributed by atoms with Gasteiger partial charge in [0, 0.05) is 18.3 Å². The number of hydrogen-bond acceptors (Lipinski definition) is 3. The molecule has 1 aromatic heterocycles. The minimum atomic E-state index is 0.00653. The zero-order valence-electron chi connectivity index (χ0n) is 10.8. The van der Waals surface area contributed by atoms with Gasteiger partial charge in [-0.3, -0.25) is 9.48 Å². The fourth-order valence-corrected chi connectivity index (χ4v) is 3.04. The molecule has 0 saturated carbocycles. The molecule has 1 saturated heterocycles. The van der Waals surface area contributed by atoms with Crippen LogP contribution in [0.3, 0.4) is 0 Å². The van der Waals surface area contributed by atoms with Crippen LogP contribution in [0.5, 0.6) is 0 Å². The van der Waals surface area contributed by atoms with Crippen LogP contribution in [0.1, 0.15) is 43.0 Å². The van der Waals surface area contributed by atoms with E-state index in [0.717, 1.165) is 38.6 Å². The Morgan fingerprint density at radius 2 is 2.39 bits per heavy atom. The molecule has 0 spiro atoms. The highest BCUT2D eigenvalue weighted by Crippen LogP contribution is 2.29. The lowest BCUT2D eigenvalue weighted by molar-refractivity contribution is -0.123. The maximum atomic E-state index is 12.1. The molecular weight excluding hydrogens is 228 g/mol. The van der Waals surface area contributed by atoms with Gasteiger partial charge in [0.05, 0.1) is 18.3 Å². The van der Waals surface area contributed by atoms with Crippen LogP contribution in [0.25, 0.3) is 0 Å². The number of carbonyl (C=O) groups is 1. The first-order valence-corrected chi connectivity index (χ1v) is 6.80. The maximum absolute atomic E-state index is 12.1. The molecule has 1 unspecified atom stereocenters. The average molecular weight is 248 g/mol. The van der Waals surface area contributed by atoms with Crippen molar-refractivity contribution in [1.29, 1.82) is 0 Å². The molecule has 2 N–H and O–H groups in total. The Hall–Kier alpha value is -1.36. The maximum Gasteiger partial charge on any atom is 0.237 e. The minimum absolute atomic E-state index is 0.00653. The molecule has 0 aromatic carbocycles. The topological polar surface area (TPSA) is 59.0 Å². The van der Waals surface area contributed by atoms with Crippen LogP contribution in [-0.4, -0.2) is 28.3 Å². The molecule has 5 nitrogen and oxygen atoms in total. The van der Waals surface area contributed by atoms with Crippen molar-refractivity contribution in [1.82, 2.24) is 20.4 Å². The predicted octanol–water partition coefficient (Wildman–Crippen LogP) is 0.666. The zero-order valence-corrected chi connectivity index (χ0v) is 10.8. The molecule has 1 fully saturated rings. The number of aromatic nitrogens is 2. The van der Waals surface area contributed by atoms with Crippen molar-refractivity contribution >= 4 is 5.91 Å². The number of rotatable bonds is 2. The highest BCUT2D eigenvalue weighted by Gasteiger charge is 2.28. The Kier molecular flexibility index (Phi) is 3.07. The summed E-state index contributed by atoms with van der Waals surface area (Å²) in [6.45, 7) is 0.959. The lowest BCUT2D eigenvalue weighted by atomic mass is 9.92.